The summed E-state index contributed by atoms with van der Waals surface area (Å²) < 4.78 is 2.36. The zero-order valence-electron chi connectivity index (χ0n) is 20.0. The fourth-order valence-electron chi connectivity index (χ4n) is 5.16. The fraction of sp³-hybridized carbons (Fsp3) is 0.250. The summed E-state index contributed by atoms with van der Waals surface area (Å²) in [7, 11) is 0. The van der Waals surface area contributed by atoms with Crippen LogP contribution in [-0.2, 0) is 6.54 Å². The smallest absolute Gasteiger partial charge is 0.170 e. The summed E-state index contributed by atoms with van der Waals surface area (Å²) in [5, 5.41) is 4.32. The molecule has 0 aliphatic carbocycles. The minimum atomic E-state index is -0.0382. The molecule has 0 radical (unpaired) electrons. The molecule has 1 saturated heterocycles. The van der Waals surface area contributed by atoms with E-state index in [0.29, 0.717) is 6.54 Å². The predicted molar refractivity (Wildman–Crippen MR) is 140 cm³/mol. The van der Waals surface area contributed by atoms with Crippen molar-refractivity contribution in [2.75, 3.05) is 0 Å². The van der Waals surface area contributed by atoms with Crippen molar-refractivity contribution in [2.24, 2.45) is 0 Å². The van der Waals surface area contributed by atoms with Crippen molar-refractivity contribution < 1.29 is 0 Å². The van der Waals surface area contributed by atoms with Gasteiger partial charge in [0.25, 0.3) is 0 Å². The largest absolute Gasteiger partial charge is 0.352 e. The summed E-state index contributed by atoms with van der Waals surface area (Å²) in [4.78, 5) is 11.2. The number of aryl methyl sites for hydroxylation is 3. The van der Waals surface area contributed by atoms with E-state index in [-0.39, 0.29) is 12.1 Å². The monoisotopic (exact) mass is 467 g/mol. The number of rotatable bonds is 5. The number of pyridine rings is 2. The van der Waals surface area contributed by atoms with Crippen LogP contribution in [0.25, 0.3) is 5.69 Å². The fourth-order valence-corrected chi connectivity index (χ4v) is 5.47. The van der Waals surface area contributed by atoms with E-state index in [1.807, 2.05) is 42.9 Å². The standard InChI is InChI=1S/C28H29N5S/c1-18-13-19(2)15-23(14-18)33-20(3)16-24(21(33)4)27-26(25-7-5-6-10-30-25)31-28(34)32(27)17-22-8-11-29-12-9-22/h5-16,26-27H,17H2,1-4H3,(H,31,34). The minimum Gasteiger partial charge on any atom is -0.352 e. The van der Waals surface area contributed by atoms with Crippen LogP contribution in [0.4, 0.5) is 0 Å². The Morgan fingerprint density at radius 2 is 1.65 bits per heavy atom. The van der Waals surface area contributed by atoms with E-state index in [1.165, 1.54) is 39.3 Å². The van der Waals surface area contributed by atoms with Crippen molar-refractivity contribution in [2.45, 2.75) is 46.3 Å². The molecule has 3 aromatic heterocycles. The Kier molecular flexibility index (Phi) is 5.92. The van der Waals surface area contributed by atoms with E-state index in [0.717, 1.165) is 10.8 Å². The summed E-state index contributed by atoms with van der Waals surface area (Å²) in [6.45, 7) is 9.39. The minimum absolute atomic E-state index is 0.0152. The first-order valence-electron chi connectivity index (χ1n) is 11.6. The molecule has 1 aliphatic heterocycles. The number of nitrogens with one attached hydrogen (secondary N) is 1. The van der Waals surface area contributed by atoms with Crippen LogP contribution in [-0.4, -0.2) is 24.5 Å². The lowest BCUT2D eigenvalue weighted by Crippen LogP contribution is -2.29. The Labute approximate surface area is 206 Å². The third-order valence-electron chi connectivity index (χ3n) is 6.55. The Balaban J connectivity index is 1.63. The normalized spacial score (nSPS) is 17.8. The maximum absolute atomic E-state index is 5.87. The Hall–Kier alpha value is -3.51. The molecule has 2 unspecified atom stereocenters. The Morgan fingerprint density at radius 1 is 0.912 bits per heavy atom. The SMILES string of the molecule is Cc1cc(C)cc(-n2c(C)cc(C3C(c4ccccn4)NC(=S)N3Cc3ccncc3)c2C)c1. The van der Waals surface area contributed by atoms with Gasteiger partial charge in [-0.2, -0.15) is 0 Å². The molecule has 1 fully saturated rings. The summed E-state index contributed by atoms with van der Waals surface area (Å²) in [6, 6.07) is 19.2. The van der Waals surface area contributed by atoms with Crippen LogP contribution in [0, 0.1) is 27.7 Å². The zero-order valence-corrected chi connectivity index (χ0v) is 20.8. The van der Waals surface area contributed by atoms with E-state index in [4.69, 9.17) is 12.2 Å². The Morgan fingerprint density at radius 3 is 2.32 bits per heavy atom. The molecule has 6 heteroatoms. The molecule has 0 bridgehead atoms. The quantitative estimate of drug-likeness (QED) is 0.383. The maximum Gasteiger partial charge on any atom is 0.170 e. The summed E-state index contributed by atoms with van der Waals surface area (Å²) >= 11 is 5.87. The van der Waals surface area contributed by atoms with Gasteiger partial charge in [0.2, 0.25) is 0 Å². The van der Waals surface area contributed by atoms with Gasteiger partial charge in [0, 0.05) is 42.2 Å². The van der Waals surface area contributed by atoms with Crippen LogP contribution in [0.2, 0.25) is 0 Å². The third-order valence-corrected chi connectivity index (χ3v) is 6.91. The number of nitrogens with zero attached hydrogens (tertiary/aromatic N) is 4. The number of hydrogen-bond donors (Lipinski definition) is 1. The lowest BCUT2D eigenvalue weighted by molar-refractivity contribution is 0.310. The van der Waals surface area contributed by atoms with Gasteiger partial charge >= 0.3 is 0 Å². The third kappa shape index (κ3) is 4.10. The zero-order chi connectivity index (χ0) is 23.8. The molecule has 0 spiro atoms. The van der Waals surface area contributed by atoms with Crippen molar-refractivity contribution in [1.29, 1.82) is 0 Å². The second-order valence-corrected chi connectivity index (χ2v) is 9.50. The van der Waals surface area contributed by atoms with Crippen LogP contribution >= 0.6 is 12.2 Å². The molecule has 4 heterocycles. The van der Waals surface area contributed by atoms with Crippen molar-refractivity contribution >= 4 is 17.3 Å². The van der Waals surface area contributed by atoms with E-state index >= 15 is 0 Å². The van der Waals surface area contributed by atoms with E-state index in [2.05, 4.69) is 82.8 Å². The molecule has 34 heavy (non-hydrogen) atoms. The summed E-state index contributed by atoms with van der Waals surface area (Å²) in [5.41, 5.74) is 9.57. The molecule has 1 aliphatic rings. The van der Waals surface area contributed by atoms with Gasteiger partial charge in [-0.05, 0) is 105 Å². The highest BCUT2D eigenvalue weighted by Crippen LogP contribution is 2.42. The van der Waals surface area contributed by atoms with Gasteiger partial charge in [-0.1, -0.05) is 12.1 Å². The highest BCUT2D eigenvalue weighted by Gasteiger charge is 2.41. The van der Waals surface area contributed by atoms with E-state index < -0.39 is 0 Å². The molecule has 1 N–H and O–H groups in total. The second kappa shape index (κ2) is 9.03. The molecule has 2 atom stereocenters. The first kappa shape index (κ1) is 22.3. The number of benzene rings is 1. The number of hydrogen-bond acceptors (Lipinski definition) is 3. The van der Waals surface area contributed by atoms with Crippen molar-refractivity contribution in [3.05, 3.63) is 113 Å². The summed E-state index contributed by atoms with van der Waals surface area (Å²) in [6.07, 6.45) is 5.51. The molecule has 5 rings (SSSR count). The van der Waals surface area contributed by atoms with Crippen LogP contribution < -0.4 is 5.32 Å². The lowest BCUT2D eigenvalue weighted by Gasteiger charge is -2.28. The second-order valence-electron chi connectivity index (χ2n) is 9.12. The molecular weight excluding hydrogens is 438 g/mol. The van der Waals surface area contributed by atoms with Crippen LogP contribution in [0.1, 0.15) is 51.4 Å². The molecule has 1 aromatic carbocycles. The molecule has 5 nitrogen and oxygen atoms in total. The summed E-state index contributed by atoms with van der Waals surface area (Å²) in [5.74, 6) is 0. The van der Waals surface area contributed by atoms with Gasteiger partial charge in [0.1, 0.15) is 0 Å². The van der Waals surface area contributed by atoms with Gasteiger partial charge in [0.05, 0.1) is 17.8 Å². The average molecular weight is 468 g/mol. The van der Waals surface area contributed by atoms with Gasteiger partial charge < -0.3 is 14.8 Å². The molecular formula is C28H29N5S. The first-order valence-corrected chi connectivity index (χ1v) is 12.0. The maximum atomic E-state index is 5.87. The van der Waals surface area contributed by atoms with Crippen LogP contribution in [0.15, 0.2) is 73.2 Å². The molecule has 172 valence electrons. The van der Waals surface area contributed by atoms with Crippen molar-refractivity contribution in [1.82, 2.24) is 24.8 Å². The van der Waals surface area contributed by atoms with E-state index in [9.17, 15) is 0 Å². The Bertz CT molecular complexity index is 1310. The van der Waals surface area contributed by atoms with Gasteiger partial charge in [-0.25, -0.2) is 0 Å². The highest BCUT2D eigenvalue weighted by molar-refractivity contribution is 7.80. The highest BCUT2D eigenvalue weighted by atomic mass is 32.1. The molecule has 0 amide bonds. The van der Waals surface area contributed by atoms with Gasteiger partial charge in [-0.15, -0.1) is 0 Å². The van der Waals surface area contributed by atoms with Crippen molar-refractivity contribution in [3.8, 4) is 5.69 Å². The predicted octanol–water partition coefficient (Wildman–Crippen LogP) is 5.67. The van der Waals surface area contributed by atoms with E-state index in [1.54, 1.807) is 0 Å². The topological polar surface area (TPSA) is 46.0 Å². The lowest BCUT2D eigenvalue weighted by atomic mass is 9.96. The van der Waals surface area contributed by atoms with Crippen LogP contribution in [0.5, 0.6) is 0 Å². The average Bonchev–Trinajstić information content (AvgIpc) is 3.29. The van der Waals surface area contributed by atoms with Gasteiger partial charge in [0.15, 0.2) is 5.11 Å². The van der Waals surface area contributed by atoms with Gasteiger partial charge in [-0.3, -0.25) is 9.97 Å². The number of thiocarbonyl (C=S) groups is 1. The first-order chi connectivity index (χ1) is 16.4. The van der Waals surface area contributed by atoms with Crippen molar-refractivity contribution in [3.63, 3.8) is 0 Å². The molecule has 4 aromatic rings. The molecule has 0 saturated carbocycles. The van der Waals surface area contributed by atoms with Crippen LogP contribution in [0.3, 0.4) is 0 Å². The number of aromatic nitrogens is 3.